The van der Waals surface area contributed by atoms with Crippen molar-refractivity contribution >= 4 is 11.6 Å². The average Bonchev–Trinajstić information content (AvgIpc) is 2.29. The second-order valence-electron chi connectivity index (χ2n) is 4.09. The molecule has 3 heteroatoms. The van der Waals surface area contributed by atoms with Gasteiger partial charge >= 0.3 is 0 Å². The van der Waals surface area contributed by atoms with Crippen LogP contribution in [0.5, 0.6) is 0 Å². The van der Waals surface area contributed by atoms with E-state index >= 15 is 0 Å². The summed E-state index contributed by atoms with van der Waals surface area (Å²) in [6.07, 6.45) is 4.31. The fraction of sp³-hybridized carbons (Fsp3) is 0.615. The van der Waals surface area contributed by atoms with Gasteiger partial charge < -0.3 is 0 Å². The lowest BCUT2D eigenvalue weighted by Crippen LogP contribution is -2.27. The number of alkyl halides is 1. The molecule has 0 aromatic carbocycles. The Kier molecular flexibility index (Phi) is 6.43. The predicted molar refractivity (Wildman–Crippen MR) is 69.9 cm³/mol. The van der Waals surface area contributed by atoms with Gasteiger partial charge in [0.15, 0.2) is 0 Å². The van der Waals surface area contributed by atoms with Crippen molar-refractivity contribution in [2.24, 2.45) is 0 Å². The zero-order chi connectivity index (χ0) is 11.8. The zero-order valence-electron chi connectivity index (χ0n) is 10.2. The molecule has 0 spiro atoms. The van der Waals surface area contributed by atoms with Gasteiger partial charge in [-0.25, -0.2) is 0 Å². The molecule has 0 N–H and O–H groups in total. The van der Waals surface area contributed by atoms with Crippen molar-refractivity contribution in [3.05, 3.63) is 29.6 Å². The molecule has 0 saturated carbocycles. The topological polar surface area (TPSA) is 16.1 Å². The Labute approximate surface area is 104 Å². The maximum Gasteiger partial charge on any atom is 0.0573 e. The number of rotatable bonds is 7. The van der Waals surface area contributed by atoms with Crippen molar-refractivity contribution in [2.75, 3.05) is 19.0 Å². The summed E-state index contributed by atoms with van der Waals surface area (Å²) in [6.45, 7) is 7.29. The molecule has 1 aromatic rings. The summed E-state index contributed by atoms with van der Waals surface area (Å²) in [5, 5.41) is 0. The fourth-order valence-electron chi connectivity index (χ4n) is 1.67. The highest BCUT2D eigenvalue weighted by Gasteiger charge is 2.07. The first-order valence-corrected chi connectivity index (χ1v) is 6.50. The summed E-state index contributed by atoms with van der Waals surface area (Å²) in [4.78, 5) is 6.80. The van der Waals surface area contributed by atoms with Gasteiger partial charge in [0.1, 0.15) is 0 Å². The molecule has 0 atom stereocenters. The second-order valence-corrected chi connectivity index (χ2v) is 4.46. The molecule has 16 heavy (non-hydrogen) atoms. The highest BCUT2D eigenvalue weighted by molar-refractivity contribution is 6.18. The molecule has 0 saturated heterocycles. The number of aryl methyl sites for hydroxylation is 1. The third kappa shape index (κ3) is 4.50. The van der Waals surface area contributed by atoms with Gasteiger partial charge in [0, 0.05) is 25.2 Å². The van der Waals surface area contributed by atoms with Gasteiger partial charge in [0.25, 0.3) is 0 Å². The molecule has 0 unspecified atom stereocenters. The van der Waals surface area contributed by atoms with Crippen LogP contribution >= 0.6 is 11.6 Å². The van der Waals surface area contributed by atoms with Gasteiger partial charge in [-0.05, 0) is 31.5 Å². The Balaban J connectivity index is 2.56. The van der Waals surface area contributed by atoms with Crippen LogP contribution in [0.2, 0.25) is 0 Å². The van der Waals surface area contributed by atoms with Crippen molar-refractivity contribution in [1.29, 1.82) is 0 Å². The lowest BCUT2D eigenvalue weighted by atomic mass is 10.2. The molecular formula is C13H21ClN2. The Bertz CT molecular complexity index is 302. The van der Waals surface area contributed by atoms with Gasteiger partial charge in [-0.1, -0.05) is 19.4 Å². The smallest absolute Gasteiger partial charge is 0.0573 e. The molecule has 2 nitrogen and oxygen atoms in total. The van der Waals surface area contributed by atoms with E-state index in [0.29, 0.717) is 5.88 Å². The highest BCUT2D eigenvalue weighted by Crippen LogP contribution is 2.08. The number of aromatic nitrogens is 1. The molecule has 1 rings (SSSR count). The second kappa shape index (κ2) is 7.64. The van der Waals surface area contributed by atoms with E-state index in [0.717, 1.165) is 19.6 Å². The molecular weight excluding hydrogens is 220 g/mol. The standard InChI is InChI=1S/C13H21ClN2/c1-3-4-9-16(10-7-14)11-13-12(2)6-5-8-15-13/h5-6,8H,3-4,7,9-11H2,1-2H3. The maximum absolute atomic E-state index is 5.82. The number of hydrogen-bond acceptors (Lipinski definition) is 2. The van der Waals surface area contributed by atoms with Gasteiger partial charge in [0.05, 0.1) is 5.69 Å². The number of hydrogen-bond donors (Lipinski definition) is 0. The lowest BCUT2D eigenvalue weighted by Gasteiger charge is -2.21. The van der Waals surface area contributed by atoms with Crippen molar-refractivity contribution in [3.8, 4) is 0 Å². The summed E-state index contributed by atoms with van der Waals surface area (Å²) in [5.41, 5.74) is 2.43. The van der Waals surface area contributed by atoms with Gasteiger partial charge in [-0.2, -0.15) is 0 Å². The van der Waals surface area contributed by atoms with Crippen molar-refractivity contribution in [2.45, 2.75) is 33.2 Å². The fourth-order valence-corrected chi connectivity index (χ4v) is 1.91. The van der Waals surface area contributed by atoms with Gasteiger partial charge in [-0.3, -0.25) is 9.88 Å². The first-order valence-electron chi connectivity index (χ1n) is 5.96. The van der Waals surface area contributed by atoms with E-state index in [1.54, 1.807) is 0 Å². The quantitative estimate of drug-likeness (QED) is 0.681. The minimum atomic E-state index is 0.690. The molecule has 0 fully saturated rings. The largest absolute Gasteiger partial charge is 0.296 e. The van der Waals surface area contributed by atoms with Crippen LogP contribution in [0.25, 0.3) is 0 Å². The summed E-state index contributed by atoms with van der Waals surface area (Å²) in [7, 11) is 0. The summed E-state index contributed by atoms with van der Waals surface area (Å²) in [6, 6.07) is 4.10. The zero-order valence-corrected chi connectivity index (χ0v) is 11.0. The first-order chi connectivity index (χ1) is 7.77. The van der Waals surface area contributed by atoms with E-state index in [-0.39, 0.29) is 0 Å². The predicted octanol–water partition coefficient (Wildman–Crippen LogP) is 3.23. The molecule has 0 bridgehead atoms. The van der Waals surface area contributed by atoms with E-state index in [9.17, 15) is 0 Å². The van der Waals surface area contributed by atoms with Crippen LogP contribution in [0.1, 0.15) is 31.0 Å². The average molecular weight is 241 g/mol. The van der Waals surface area contributed by atoms with Crippen LogP contribution in [0.15, 0.2) is 18.3 Å². The number of pyridine rings is 1. The first kappa shape index (κ1) is 13.5. The van der Waals surface area contributed by atoms with E-state index in [4.69, 9.17) is 11.6 Å². The van der Waals surface area contributed by atoms with Crippen LogP contribution in [0.3, 0.4) is 0 Å². The Hall–Kier alpha value is -0.600. The molecule has 0 radical (unpaired) electrons. The molecule has 1 heterocycles. The lowest BCUT2D eigenvalue weighted by molar-refractivity contribution is 0.273. The van der Waals surface area contributed by atoms with Crippen molar-refractivity contribution in [3.63, 3.8) is 0 Å². The van der Waals surface area contributed by atoms with E-state index < -0.39 is 0 Å². The number of nitrogens with zero attached hydrogens (tertiary/aromatic N) is 2. The van der Waals surface area contributed by atoms with Crippen molar-refractivity contribution < 1.29 is 0 Å². The summed E-state index contributed by atoms with van der Waals surface area (Å²) in [5.74, 6) is 0.690. The highest BCUT2D eigenvalue weighted by atomic mass is 35.5. The third-order valence-electron chi connectivity index (χ3n) is 2.72. The van der Waals surface area contributed by atoms with Gasteiger partial charge in [0.2, 0.25) is 0 Å². The van der Waals surface area contributed by atoms with Crippen LogP contribution in [0, 0.1) is 6.92 Å². The van der Waals surface area contributed by atoms with E-state index in [1.807, 2.05) is 12.3 Å². The molecule has 0 aliphatic rings. The Morgan fingerprint density at radius 3 is 2.81 bits per heavy atom. The minimum absolute atomic E-state index is 0.690. The summed E-state index contributed by atoms with van der Waals surface area (Å²) >= 11 is 5.82. The molecule has 0 amide bonds. The molecule has 0 aliphatic carbocycles. The Morgan fingerprint density at radius 2 is 2.19 bits per heavy atom. The van der Waals surface area contributed by atoms with Crippen LogP contribution in [-0.4, -0.2) is 28.9 Å². The maximum atomic E-state index is 5.82. The van der Waals surface area contributed by atoms with E-state index in [1.165, 1.54) is 24.1 Å². The Morgan fingerprint density at radius 1 is 1.38 bits per heavy atom. The molecule has 0 aliphatic heterocycles. The minimum Gasteiger partial charge on any atom is -0.296 e. The van der Waals surface area contributed by atoms with Crippen LogP contribution in [-0.2, 0) is 6.54 Å². The summed E-state index contributed by atoms with van der Waals surface area (Å²) < 4.78 is 0. The third-order valence-corrected chi connectivity index (χ3v) is 2.89. The van der Waals surface area contributed by atoms with Crippen molar-refractivity contribution in [1.82, 2.24) is 9.88 Å². The number of unbranched alkanes of at least 4 members (excludes halogenated alkanes) is 1. The number of halogens is 1. The van der Waals surface area contributed by atoms with E-state index in [2.05, 4.69) is 29.8 Å². The monoisotopic (exact) mass is 240 g/mol. The van der Waals surface area contributed by atoms with Gasteiger partial charge in [-0.15, -0.1) is 11.6 Å². The molecule has 90 valence electrons. The SMILES string of the molecule is CCCCN(CCCl)Cc1ncccc1C. The normalized spacial score (nSPS) is 11.0. The van der Waals surface area contributed by atoms with Crippen LogP contribution < -0.4 is 0 Å². The molecule has 1 aromatic heterocycles. The van der Waals surface area contributed by atoms with Crippen LogP contribution in [0.4, 0.5) is 0 Å².